The Morgan fingerprint density at radius 1 is 1.16 bits per heavy atom. The number of amides is 1. The van der Waals surface area contributed by atoms with Crippen LogP contribution in [0, 0.1) is 18.3 Å². The first-order valence-corrected chi connectivity index (χ1v) is 10.8. The largest absolute Gasteiger partial charge is 0.337 e. The number of rotatable bonds is 4. The van der Waals surface area contributed by atoms with E-state index in [1.54, 1.807) is 6.20 Å². The summed E-state index contributed by atoms with van der Waals surface area (Å²) in [6.45, 7) is 10.1. The molecule has 31 heavy (non-hydrogen) atoms. The monoisotopic (exact) mass is 416 g/mol. The molecule has 0 atom stereocenters. The van der Waals surface area contributed by atoms with Crippen LogP contribution in [0.3, 0.4) is 0 Å². The number of aryl methyl sites for hydroxylation is 1. The number of nitrogens with zero attached hydrogens (tertiary/aromatic N) is 6. The molecular weight excluding hydrogens is 388 g/mol. The van der Waals surface area contributed by atoms with Gasteiger partial charge >= 0.3 is 0 Å². The van der Waals surface area contributed by atoms with E-state index < -0.39 is 0 Å². The summed E-state index contributed by atoms with van der Waals surface area (Å²) in [5.41, 5.74) is 4.10. The third kappa shape index (κ3) is 4.44. The maximum Gasteiger partial charge on any atom is 0.255 e. The molecule has 0 saturated carbocycles. The molecule has 0 spiro atoms. The molecule has 160 valence electrons. The first-order valence-electron chi connectivity index (χ1n) is 10.8. The third-order valence-electron chi connectivity index (χ3n) is 5.84. The number of benzene rings is 1. The lowest BCUT2D eigenvalue weighted by Crippen LogP contribution is -2.35. The molecule has 1 fully saturated rings. The van der Waals surface area contributed by atoms with Gasteiger partial charge in [0.05, 0.1) is 29.1 Å². The maximum absolute atomic E-state index is 13.3. The molecule has 1 amide bonds. The molecule has 3 aromatic rings. The molecule has 1 aromatic carbocycles. The van der Waals surface area contributed by atoms with Gasteiger partial charge in [0.1, 0.15) is 0 Å². The molecule has 2 aromatic heterocycles. The second kappa shape index (κ2) is 8.86. The van der Waals surface area contributed by atoms with E-state index in [4.69, 9.17) is 10.2 Å². The second-order valence-corrected chi connectivity index (χ2v) is 8.45. The van der Waals surface area contributed by atoms with Crippen molar-refractivity contribution in [2.75, 3.05) is 26.2 Å². The number of aromatic nitrogens is 3. The Kier molecular flexibility index (Phi) is 6.01. The summed E-state index contributed by atoms with van der Waals surface area (Å²) in [6.07, 6.45) is 2.72. The van der Waals surface area contributed by atoms with Crippen LogP contribution < -0.4 is 0 Å². The molecule has 1 aliphatic rings. The van der Waals surface area contributed by atoms with Crippen molar-refractivity contribution in [3.63, 3.8) is 0 Å². The van der Waals surface area contributed by atoms with Crippen molar-refractivity contribution >= 4 is 16.9 Å². The van der Waals surface area contributed by atoms with Gasteiger partial charge in [0.25, 0.3) is 5.91 Å². The lowest BCUT2D eigenvalue weighted by Gasteiger charge is -2.22. The summed E-state index contributed by atoms with van der Waals surface area (Å²) >= 11 is 0. The van der Waals surface area contributed by atoms with Gasteiger partial charge in [0.2, 0.25) is 0 Å². The van der Waals surface area contributed by atoms with Gasteiger partial charge in [0.15, 0.2) is 5.65 Å². The number of pyridine rings is 1. The average Bonchev–Trinajstić information content (AvgIpc) is 3.03. The van der Waals surface area contributed by atoms with E-state index >= 15 is 0 Å². The Morgan fingerprint density at radius 2 is 1.94 bits per heavy atom. The molecule has 1 saturated heterocycles. The smallest absolute Gasteiger partial charge is 0.255 e. The number of hydrogen-bond donors (Lipinski definition) is 0. The van der Waals surface area contributed by atoms with Gasteiger partial charge in [-0.05, 0) is 51.0 Å². The van der Waals surface area contributed by atoms with Crippen molar-refractivity contribution < 1.29 is 4.79 Å². The van der Waals surface area contributed by atoms with Crippen molar-refractivity contribution in [1.82, 2.24) is 24.6 Å². The van der Waals surface area contributed by atoms with Gasteiger partial charge in [-0.2, -0.15) is 10.4 Å². The molecule has 0 N–H and O–H groups in total. The van der Waals surface area contributed by atoms with Crippen LogP contribution in [0.1, 0.15) is 53.5 Å². The van der Waals surface area contributed by atoms with E-state index in [-0.39, 0.29) is 11.9 Å². The SMILES string of the molecule is Cc1nc2c(cnn2C(C)C)cc1C(=O)N1CCCN(Cc2ccc(C#N)cc2)CC1. The highest BCUT2D eigenvalue weighted by molar-refractivity contribution is 5.98. The fourth-order valence-electron chi connectivity index (χ4n) is 4.11. The first kappa shape index (κ1) is 21.0. The van der Waals surface area contributed by atoms with E-state index in [0.29, 0.717) is 17.7 Å². The van der Waals surface area contributed by atoms with Crippen LogP contribution in [0.5, 0.6) is 0 Å². The van der Waals surface area contributed by atoms with Crippen molar-refractivity contribution in [3.8, 4) is 6.07 Å². The zero-order valence-corrected chi connectivity index (χ0v) is 18.4. The highest BCUT2D eigenvalue weighted by Crippen LogP contribution is 2.21. The topological polar surface area (TPSA) is 78.1 Å². The Hall–Kier alpha value is -3.24. The van der Waals surface area contributed by atoms with Gasteiger partial charge in [-0.3, -0.25) is 9.69 Å². The Labute approximate surface area is 182 Å². The van der Waals surface area contributed by atoms with Crippen LogP contribution in [0.4, 0.5) is 0 Å². The molecule has 0 aliphatic carbocycles. The fraction of sp³-hybridized carbons (Fsp3) is 0.417. The Bertz CT molecular complexity index is 1130. The van der Waals surface area contributed by atoms with Gasteiger partial charge < -0.3 is 4.90 Å². The van der Waals surface area contributed by atoms with E-state index in [9.17, 15) is 4.79 Å². The number of carbonyl (C=O) groups excluding carboxylic acids is 1. The highest BCUT2D eigenvalue weighted by atomic mass is 16.2. The fourth-order valence-corrected chi connectivity index (χ4v) is 4.11. The van der Waals surface area contributed by atoms with E-state index in [2.05, 4.69) is 29.9 Å². The summed E-state index contributed by atoms with van der Waals surface area (Å²) in [6, 6.07) is 12.0. The normalized spacial score (nSPS) is 15.3. The van der Waals surface area contributed by atoms with Gasteiger partial charge in [-0.1, -0.05) is 12.1 Å². The zero-order valence-electron chi connectivity index (χ0n) is 18.4. The van der Waals surface area contributed by atoms with E-state index in [1.165, 1.54) is 5.56 Å². The van der Waals surface area contributed by atoms with Crippen LogP contribution in [-0.2, 0) is 6.54 Å². The minimum absolute atomic E-state index is 0.0458. The summed E-state index contributed by atoms with van der Waals surface area (Å²) < 4.78 is 1.89. The lowest BCUT2D eigenvalue weighted by atomic mass is 10.1. The molecule has 1 aliphatic heterocycles. The summed E-state index contributed by atoms with van der Waals surface area (Å²) in [5, 5.41) is 14.3. The van der Waals surface area contributed by atoms with Crippen LogP contribution in [0.25, 0.3) is 11.0 Å². The third-order valence-corrected chi connectivity index (χ3v) is 5.84. The van der Waals surface area contributed by atoms with Crippen LogP contribution >= 0.6 is 0 Å². The second-order valence-electron chi connectivity index (χ2n) is 8.45. The van der Waals surface area contributed by atoms with Crippen molar-refractivity contribution in [1.29, 1.82) is 5.26 Å². The molecule has 3 heterocycles. The summed E-state index contributed by atoms with van der Waals surface area (Å²) in [7, 11) is 0. The number of fused-ring (bicyclic) bond motifs is 1. The quantitative estimate of drug-likeness (QED) is 0.650. The summed E-state index contributed by atoms with van der Waals surface area (Å²) in [4.78, 5) is 22.3. The zero-order chi connectivity index (χ0) is 22.0. The van der Waals surface area contributed by atoms with Gasteiger partial charge in [0, 0.05) is 44.2 Å². The molecule has 0 unspecified atom stereocenters. The predicted molar refractivity (Wildman–Crippen MR) is 120 cm³/mol. The molecule has 7 heteroatoms. The van der Waals surface area contributed by atoms with Gasteiger partial charge in [-0.25, -0.2) is 9.67 Å². The van der Waals surface area contributed by atoms with Crippen molar-refractivity contribution in [3.05, 3.63) is 58.9 Å². The average molecular weight is 417 g/mol. The predicted octanol–water partition coefficient (Wildman–Crippen LogP) is 3.54. The van der Waals surface area contributed by atoms with Crippen molar-refractivity contribution in [2.45, 2.75) is 39.8 Å². The van der Waals surface area contributed by atoms with Crippen LogP contribution in [-0.4, -0.2) is 56.7 Å². The van der Waals surface area contributed by atoms with Gasteiger partial charge in [-0.15, -0.1) is 0 Å². The van der Waals surface area contributed by atoms with Crippen LogP contribution in [0.15, 0.2) is 36.5 Å². The number of nitriles is 1. The van der Waals surface area contributed by atoms with E-state index in [1.807, 2.05) is 46.8 Å². The molecule has 4 rings (SSSR count). The number of carbonyl (C=O) groups is 1. The molecule has 0 bridgehead atoms. The maximum atomic E-state index is 13.3. The molecular formula is C24H28N6O. The first-order chi connectivity index (χ1) is 15.0. The number of hydrogen-bond acceptors (Lipinski definition) is 5. The standard InChI is InChI=1S/C24H28N6O/c1-17(2)30-23-21(15-26-30)13-22(18(3)27-23)24(31)29-10-4-9-28(11-12-29)16-20-7-5-19(14-25)6-8-20/h5-8,13,15,17H,4,9-12,16H2,1-3H3. The molecule has 7 nitrogen and oxygen atoms in total. The minimum Gasteiger partial charge on any atom is -0.337 e. The lowest BCUT2D eigenvalue weighted by molar-refractivity contribution is 0.0760. The minimum atomic E-state index is 0.0458. The molecule has 0 radical (unpaired) electrons. The van der Waals surface area contributed by atoms with Crippen molar-refractivity contribution in [2.24, 2.45) is 0 Å². The Balaban J connectivity index is 1.46. The van der Waals surface area contributed by atoms with Crippen LogP contribution in [0.2, 0.25) is 0 Å². The Morgan fingerprint density at radius 3 is 2.65 bits per heavy atom. The summed E-state index contributed by atoms with van der Waals surface area (Å²) in [5.74, 6) is 0.0458. The highest BCUT2D eigenvalue weighted by Gasteiger charge is 2.23. The van der Waals surface area contributed by atoms with E-state index in [0.717, 1.165) is 49.3 Å².